The van der Waals surface area contributed by atoms with Gasteiger partial charge in [-0.15, -0.1) is 0 Å². The van der Waals surface area contributed by atoms with Gasteiger partial charge in [-0.3, -0.25) is 9.59 Å². The lowest BCUT2D eigenvalue weighted by molar-refractivity contribution is -0.139. The van der Waals surface area contributed by atoms with Crippen LogP contribution in [0.1, 0.15) is 49.9 Å². The van der Waals surface area contributed by atoms with Gasteiger partial charge >= 0.3 is 0 Å². The Morgan fingerprint density at radius 1 is 1.23 bits per heavy atom. The fourth-order valence-corrected chi connectivity index (χ4v) is 3.37. The van der Waals surface area contributed by atoms with E-state index >= 15 is 0 Å². The summed E-state index contributed by atoms with van der Waals surface area (Å²) in [6.45, 7) is 4.56. The molecule has 2 atom stereocenters. The fraction of sp³-hybridized carbons (Fsp3) is 0.550. The number of ether oxygens (including phenoxy) is 1. The summed E-state index contributed by atoms with van der Waals surface area (Å²) < 4.78 is 5.62. The first-order chi connectivity index (χ1) is 12.4. The Morgan fingerprint density at radius 3 is 2.42 bits per heavy atom. The van der Waals surface area contributed by atoms with Crippen LogP contribution in [-0.2, 0) is 4.79 Å². The summed E-state index contributed by atoms with van der Waals surface area (Å²) in [5, 5.41) is 8.60. The lowest BCUT2D eigenvalue weighted by atomic mass is 9.97. The van der Waals surface area contributed by atoms with Crippen LogP contribution in [0, 0.1) is 11.3 Å². The van der Waals surface area contributed by atoms with Crippen LogP contribution in [-0.4, -0.2) is 53.9 Å². The van der Waals surface area contributed by atoms with Crippen LogP contribution in [0.5, 0.6) is 5.75 Å². The van der Waals surface area contributed by atoms with Gasteiger partial charge < -0.3 is 14.5 Å². The summed E-state index contributed by atoms with van der Waals surface area (Å²) in [7, 11) is 1.67. The molecule has 2 rings (SSSR count). The standard InChI is InChI=1S/C20H27N3O3/c1-15-6-4-7-16(2)23(15)19(24)14-26-18-10-8-17(9-11-18)20(25)22(3)13-5-12-21/h8-11,15-16H,4-7,13-14H2,1-3H3. The van der Waals surface area contributed by atoms with Gasteiger partial charge in [0.25, 0.3) is 11.8 Å². The highest BCUT2D eigenvalue weighted by molar-refractivity contribution is 5.94. The maximum atomic E-state index is 12.5. The van der Waals surface area contributed by atoms with E-state index in [0.29, 0.717) is 24.3 Å². The number of carbonyl (C=O) groups excluding carboxylic acids is 2. The normalized spacial score (nSPS) is 19.5. The molecule has 1 aromatic rings. The van der Waals surface area contributed by atoms with Crippen LogP contribution in [0.25, 0.3) is 0 Å². The Kier molecular flexibility index (Phi) is 7.02. The first-order valence-corrected chi connectivity index (χ1v) is 9.10. The van der Waals surface area contributed by atoms with E-state index in [9.17, 15) is 9.59 Å². The number of hydrogen-bond acceptors (Lipinski definition) is 4. The third-order valence-corrected chi connectivity index (χ3v) is 4.85. The molecule has 0 bridgehead atoms. The summed E-state index contributed by atoms with van der Waals surface area (Å²) in [4.78, 5) is 28.1. The molecular weight excluding hydrogens is 330 g/mol. The quantitative estimate of drug-likeness (QED) is 0.785. The first kappa shape index (κ1) is 19.8. The number of rotatable bonds is 6. The molecule has 1 saturated heterocycles. The van der Waals surface area contributed by atoms with Gasteiger partial charge in [-0.25, -0.2) is 0 Å². The molecule has 140 valence electrons. The average molecular weight is 357 g/mol. The van der Waals surface area contributed by atoms with Crippen molar-refractivity contribution in [3.05, 3.63) is 29.8 Å². The molecule has 2 unspecified atom stereocenters. The fourth-order valence-electron chi connectivity index (χ4n) is 3.37. The van der Waals surface area contributed by atoms with Crippen LogP contribution in [0.15, 0.2) is 24.3 Å². The second-order valence-corrected chi connectivity index (χ2v) is 6.88. The number of likely N-dealkylation sites (tertiary alicyclic amines) is 1. The lowest BCUT2D eigenvalue weighted by Gasteiger charge is -2.38. The number of nitrogens with zero attached hydrogens (tertiary/aromatic N) is 3. The number of piperidine rings is 1. The van der Waals surface area contributed by atoms with Gasteiger partial charge in [0.1, 0.15) is 5.75 Å². The van der Waals surface area contributed by atoms with E-state index in [1.54, 1.807) is 31.3 Å². The van der Waals surface area contributed by atoms with E-state index in [1.165, 1.54) is 4.90 Å². The predicted molar refractivity (Wildman–Crippen MR) is 98.7 cm³/mol. The topological polar surface area (TPSA) is 73.6 Å². The van der Waals surface area contributed by atoms with Gasteiger partial charge in [0.15, 0.2) is 6.61 Å². The summed E-state index contributed by atoms with van der Waals surface area (Å²) in [6, 6.07) is 9.27. The molecule has 1 fully saturated rings. The van der Waals surface area contributed by atoms with Crippen molar-refractivity contribution < 1.29 is 14.3 Å². The molecule has 0 aliphatic carbocycles. The van der Waals surface area contributed by atoms with Gasteiger partial charge in [-0.2, -0.15) is 5.26 Å². The number of carbonyl (C=O) groups is 2. The zero-order chi connectivity index (χ0) is 19.1. The summed E-state index contributed by atoms with van der Waals surface area (Å²) in [5.74, 6) is 0.423. The molecule has 1 heterocycles. The number of amides is 2. The monoisotopic (exact) mass is 357 g/mol. The molecule has 6 nitrogen and oxygen atoms in total. The van der Waals surface area contributed by atoms with E-state index in [0.717, 1.165) is 19.3 Å². The molecule has 0 N–H and O–H groups in total. The highest BCUT2D eigenvalue weighted by Gasteiger charge is 2.28. The molecule has 1 aliphatic heterocycles. The predicted octanol–water partition coefficient (Wildman–Crippen LogP) is 2.84. The second kappa shape index (κ2) is 9.23. The summed E-state index contributed by atoms with van der Waals surface area (Å²) >= 11 is 0. The van der Waals surface area contributed by atoms with Crippen LogP contribution < -0.4 is 4.74 Å². The van der Waals surface area contributed by atoms with Crippen LogP contribution in [0.2, 0.25) is 0 Å². The first-order valence-electron chi connectivity index (χ1n) is 9.10. The van der Waals surface area contributed by atoms with Crippen molar-refractivity contribution in [2.24, 2.45) is 0 Å². The van der Waals surface area contributed by atoms with Crippen molar-refractivity contribution in [1.82, 2.24) is 9.80 Å². The van der Waals surface area contributed by atoms with Crippen molar-refractivity contribution in [3.8, 4) is 11.8 Å². The van der Waals surface area contributed by atoms with Crippen molar-refractivity contribution in [2.45, 2.75) is 51.6 Å². The molecule has 0 aromatic heterocycles. The summed E-state index contributed by atoms with van der Waals surface area (Å²) in [6.07, 6.45) is 3.53. The van der Waals surface area contributed by atoms with E-state index in [-0.39, 0.29) is 30.5 Å². The van der Waals surface area contributed by atoms with Gasteiger partial charge in [0, 0.05) is 31.2 Å². The molecule has 1 aromatic carbocycles. The Morgan fingerprint density at radius 2 is 1.85 bits per heavy atom. The van der Waals surface area contributed by atoms with Crippen molar-refractivity contribution in [2.75, 3.05) is 20.2 Å². The zero-order valence-electron chi connectivity index (χ0n) is 15.8. The summed E-state index contributed by atoms with van der Waals surface area (Å²) in [5.41, 5.74) is 0.530. The van der Waals surface area contributed by atoms with Crippen molar-refractivity contribution in [1.29, 1.82) is 5.26 Å². The Bertz CT molecular complexity index is 656. The lowest BCUT2D eigenvalue weighted by Crippen LogP contribution is -2.49. The SMILES string of the molecule is CC1CCCC(C)N1C(=O)COc1ccc(C(=O)N(C)CCC#N)cc1. The van der Waals surface area contributed by atoms with E-state index in [2.05, 4.69) is 13.8 Å². The minimum Gasteiger partial charge on any atom is -0.484 e. The minimum atomic E-state index is -0.140. The molecule has 2 amide bonds. The van der Waals surface area contributed by atoms with Gasteiger partial charge in [0.2, 0.25) is 0 Å². The van der Waals surface area contributed by atoms with E-state index in [1.807, 2.05) is 11.0 Å². The number of nitriles is 1. The van der Waals surface area contributed by atoms with Gasteiger partial charge in [0.05, 0.1) is 12.5 Å². The highest BCUT2D eigenvalue weighted by Crippen LogP contribution is 2.23. The van der Waals surface area contributed by atoms with Crippen molar-refractivity contribution >= 4 is 11.8 Å². The molecule has 0 spiro atoms. The third-order valence-electron chi connectivity index (χ3n) is 4.85. The molecule has 26 heavy (non-hydrogen) atoms. The van der Waals surface area contributed by atoms with Gasteiger partial charge in [-0.1, -0.05) is 0 Å². The number of benzene rings is 1. The average Bonchev–Trinajstić information content (AvgIpc) is 2.64. The highest BCUT2D eigenvalue weighted by atomic mass is 16.5. The van der Waals surface area contributed by atoms with Gasteiger partial charge in [-0.05, 0) is 57.4 Å². The third kappa shape index (κ3) is 4.98. The molecule has 1 aliphatic rings. The zero-order valence-corrected chi connectivity index (χ0v) is 15.8. The molecule has 0 radical (unpaired) electrons. The second-order valence-electron chi connectivity index (χ2n) is 6.88. The molecular formula is C20H27N3O3. The van der Waals surface area contributed by atoms with E-state index in [4.69, 9.17) is 10.00 Å². The van der Waals surface area contributed by atoms with E-state index < -0.39 is 0 Å². The Labute approximate surface area is 155 Å². The molecule has 0 saturated carbocycles. The maximum Gasteiger partial charge on any atom is 0.260 e. The van der Waals surface area contributed by atoms with Crippen LogP contribution >= 0.6 is 0 Å². The Balaban J connectivity index is 1.90. The molecule has 6 heteroatoms. The smallest absolute Gasteiger partial charge is 0.260 e. The Hall–Kier alpha value is -2.55. The largest absolute Gasteiger partial charge is 0.484 e. The number of hydrogen-bond donors (Lipinski definition) is 0. The van der Waals surface area contributed by atoms with Crippen LogP contribution in [0.3, 0.4) is 0 Å². The maximum absolute atomic E-state index is 12.5. The minimum absolute atomic E-state index is 0.00101. The van der Waals surface area contributed by atoms with Crippen molar-refractivity contribution in [3.63, 3.8) is 0 Å². The van der Waals surface area contributed by atoms with Crippen LogP contribution in [0.4, 0.5) is 0 Å².